The molecule has 1 aromatic carbocycles. The number of fused-ring (bicyclic) bond motifs is 1. The van der Waals surface area contributed by atoms with Gasteiger partial charge >= 0.3 is 5.97 Å². The van der Waals surface area contributed by atoms with Gasteiger partial charge in [0.25, 0.3) is 0 Å². The summed E-state index contributed by atoms with van der Waals surface area (Å²) in [5.41, 5.74) is 1.50. The average Bonchev–Trinajstić information content (AvgIpc) is 3.03. The molecule has 0 aliphatic rings. The number of aryl methyl sites for hydroxylation is 1. The van der Waals surface area contributed by atoms with Gasteiger partial charge in [0.1, 0.15) is 17.9 Å². The topological polar surface area (TPSA) is 98.7 Å². The highest BCUT2D eigenvalue weighted by Gasteiger charge is 2.18. The molecule has 2 heterocycles. The third kappa shape index (κ3) is 1.81. The van der Waals surface area contributed by atoms with E-state index in [1.54, 1.807) is 27.7 Å². The van der Waals surface area contributed by atoms with Gasteiger partial charge in [-0.1, -0.05) is 5.21 Å². The molecule has 3 aromatic rings. The lowest BCUT2D eigenvalue weighted by molar-refractivity contribution is 0.0697. The summed E-state index contributed by atoms with van der Waals surface area (Å²) in [6, 6.07) is 4.52. The van der Waals surface area contributed by atoms with Crippen LogP contribution in [0.4, 0.5) is 0 Å². The summed E-state index contributed by atoms with van der Waals surface area (Å²) in [4.78, 5) is 11.1. The maximum atomic E-state index is 11.1. The van der Waals surface area contributed by atoms with Gasteiger partial charge in [-0.3, -0.25) is 0 Å². The minimum absolute atomic E-state index is 0.198. The van der Waals surface area contributed by atoms with Gasteiger partial charge < -0.3 is 9.67 Å². The Hall–Kier alpha value is -2.77. The summed E-state index contributed by atoms with van der Waals surface area (Å²) in [6.07, 6.45) is 1.60. The number of hydrogen-bond acceptors (Lipinski definition) is 5. The van der Waals surface area contributed by atoms with Crippen molar-refractivity contribution in [1.82, 2.24) is 29.8 Å². The van der Waals surface area contributed by atoms with E-state index in [2.05, 4.69) is 20.5 Å². The molecule has 1 atom stereocenters. The Bertz CT molecular complexity index is 790. The van der Waals surface area contributed by atoms with Crippen LogP contribution in [0.2, 0.25) is 0 Å². The Morgan fingerprint density at radius 1 is 1.35 bits per heavy atom. The van der Waals surface area contributed by atoms with Crippen LogP contribution in [0.5, 0.6) is 0 Å². The van der Waals surface area contributed by atoms with Crippen molar-refractivity contribution >= 4 is 17.0 Å². The first-order valence-electron chi connectivity index (χ1n) is 6.00. The number of aromatic carboxylic acids is 1. The minimum atomic E-state index is -0.981. The van der Waals surface area contributed by atoms with Crippen LogP contribution in [-0.4, -0.2) is 40.8 Å². The van der Waals surface area contributed by atoms with Crippen molar-refractivity contribution in [2.75, 3.05) is 0 Å². The Labute approximate surface area is 113 Å². The molecule has 2 aromatic heterocycles. The fourth-order valence-electron chi connectivity index (χ4n) is 2.13. The molecule has 3 rings (SSSR count). The van der Waals surface area contributed by atoms with Gasteiger partial charge in [-0.25, -0.2) is 9.48 Å². The number of nitrogens with zero attached hydrogens (tertiary/aromatic N) is 6. The maximum Gasteiger partial charge on any atom is 0.335 e. The van der Waals surface area contributed by atoms with Gasteiger partial charge in [0.15, 0.2) is 5.82 Å². The van der Waals surface area contributed by atoms with E-state index in [4.69, 9.17) is 5.11 Å². The van der Waals surface area contributed by atoms with Crippen molar-refractivity contribution in [3.05, 3.63) is 35.9 Å². The first-order valence-corrected chi connectivity index (χ1v) is 6.00. The Morgan fingerprint density at radius 3 is 2.80 bits per heavy atom. The summed E-state index contributed by atoms with van der Waals surface area (Å²) >= 11 is 0. The number of carboxylic acids is 1. The highest BCUT2D eigenvalue weighted by molar-refractivity contribution is 5.92. The molecule has 0 aliphatic carbocycles. The van der Waals surface area contributed by atoms with Crippen molar-refractivity contribution in [1.29, 1.82) is 0 Å². The summed E-state index contributed by atoms with van der Waals surface area (Å²) in [5, 5.41) is 25.1. The molecule has 0 saturated heterocycles. The molecule has 1 N–H and O–H groups in total. The molecular formula is C12H12N6O2. The van der Waals surface area contributed by atoms with Gasteiger partial charge in [-0.15, -0.1) is 15.3 Å². The first-order chi connectivity index (χ1) is 9.58. The van der Waals surface area contributed by atoms with Crippen LogP contribution in [0.3, 0.4) is 0 Å². The van der Waals surface area contributed by atoms with E-state index in [9.17, 15) is 4.79 Å². The van der Waals surface area contributed by atoms with Gasteiger partial charge in [-0.05, 0) is 25.1 Å². The van der Waals surface area contributed by atoms with E-state index in [1.165, 1.54) is 6.07 Å². The van der Waals surface area contributed by atoms with Gasteiger partial charge in [0.05, 0.1) is 11.1 Å². The highest BCUT2D eigenvalue weighted by atomic mass is 16.4. The van der Waals surface area contributed by atoms with Crippen LogP contribution >= 0.6 is 0 Å². The van der Waals surface area contributed by atoms with E-state index in [0.717, 1.165) is 5.82 Å². The van der Waals surface area contributed by atoms with E-state index in [-0.39, 0.29) is 11.6 Å². The standard InChI is InChI=1S/C12H12N6O2/c1-7(11-15-13-6-17(11)2)18-10-5-8(12(19)20)3-4-9(10)14-16-18/h3-7H,1-2H3,(H,19,20). The van der Waals surface area contributed by atoms with E-state index in [0.29, 0.717) is 11.0 Å². The van der Waals surface area contributed by atoms with Crippen LogP contribution < -0.4 is 0 Å². The van der Waals surface area contributed by atoms with Crippen molar-refractivity contribution in [2.24, 2.45) is 7.05 Å². The van der Waals surface area contributed by atoms with Gasteiger partial charge in [-0.2, -0.15) is 0 Å². The highest BCUT2D eigenvalue weighted by Crippen LogP contribution is 2.21. The SMILES string of the molecule is CC(c1nncn1C)n1nnc2ccc(C(=O)O)cc21. The molecule has 0 fully saturated rings. The molecule has 8 heteroatoms. The lowest BCUT2D eigenvalue weighted by atomic mass is 10.2. The smallest absolute Gasteiger partial charge is 0.335 e. The molecule has 102 valence electrons. The minimum Gasteiger partial charge on any atom is -0.478 e. The van der Waals surface area contributed by atoms with Crippen LogP contribution in [0.15, 0.2) is 24.5 Å². The van der Waals surface area contributed by atoms with Crippen LogP contribution in [0.1, 0.15) is 29.1 Å². The monoisotopic (exact) mass is 272 g/mol. The van der Waals surface area contributed by atoms with Gasteiger partial charge in [0, 0.05) is 7.05 Å². The quantitative estimate of drug-likeness (QED) is 0.759. The fourth-order valence-corrected chi connectivity index (χ4v) is 2.13. The molecular weight excluding hydrogens is 260 g/mol. The number of aromatic nitrogens is 6. The molecule has 0 spiro atoms. The summed E-state index contributed by atoms with van der Waals surface area (Å²) in [7, 11) is 1.84. The molecule has 1 unspecified atom stereocenters. The Kier molecular flexibility index (Phi) is 2.70. The van der Waals surface area contributed by atoms with Crippen molar-refractivity contribution in [2.45, 2.75) is 13.0 Å². The maximum absolute atomic E-state index is 11.1. The zero-order valence-corrected chi connectivity index (χ0v) is 10.9. The Morgan fingerprint density at radius 2 is 2.15 bits per heavy atom. The van der Waals surface area contributed by atoms with Crippen molar-refractivity contribution in [3.8, 4) is 0 Å². The largest absolute Gasteiger partial charge is 0.478 e. The second kappa shape index (κ2) is 4.41. The third-order valence-corrected chi connectivity index (χ3v) is 3.20. The molecule has 20 heavy (non-hydrogen) atoms. The summed E-state index contributed by atoms with van der Waals surface area (Å²) in [6.45, 7) is 1.91. The van der Waals surface area contributed by atoms with E-state index < -0.39 is 5.97 Å². The zero-order chi connectivity index (χ0) is 14.3. The van der Waals surface area contributed by atoms with E-state index in [1.807, 2.05) is 14.0 Å². The molecule has 0 radical (unpaired) electrons. The molecule has 0 saturated carbocycles. The van der Waals surface area contributed by atoms with Crippen molar-refractivity contribution in [3.63, 3.8) is 0 Å². The number of rotatable bonds is 3. The van der Waals surface area contributed by atoms with Crippen LogP contribution in [-0.2, 0) is 7.05 Å². The predicted octanol–water partition coefficient (Wildman–Crippen LogP) is 0.867. The fraction of sp³-hybridized carbons (Fsp3) is 0.250. The van der Waals surface area contributed by atoms with E-state index >= 15 is 0 Å². The first kappa shape index (κ1) is 12.3. The van der Waals surface area contributed by atoms with Crippen LogP contribution in [0.25, 0.3) is 11.0 Å². The lowest BCUT2D eigenvalue weighted by Gasteiger charge is -2.11. The molecule has 0 aliphatic heterocycles. The second-order valence-corrected chi connectivity index (χ2v) is 4.52. The number of hydrogen-bond donors (Lipinski definition) is 1. The third-order valence-electron chi connectivity index (χ3n) is 3.20. The lowest BCUT2D eigenvalue weighted by Crippen LogP contribution is -2.13. The van der Waals surface area contributed by atoms with Crippen LogP contribution in [0, 0.1) is 0 Å². The second-order valence-electron chi connectivity index (χ2n) is 4.52. The van der Waals surface area contributed by atoms with Crippen molar-refractivity contribution < 1.29 is 9.90 Å². The summed E-state index contributed by atoms with van der Waals surface area (Å²) in [5.74, 6) is -0.261. The molecule has 8 nitrogen and oxygen atoms in total. The number of benzene rings is 1. The average molecular weight is 272 g/mol. The van der Waals surface area contributed by atoms with Gasteiger partial charge in [0.2, 0.25) is 0 Å². The number of carbonyl (C=O) groups is 1. The normalized spacial score (nSPS) is 12.7. The zero-order valence-electron chi connectivity index (χ0n) is 10.9. The molecule has 0 amide bonds. The summed E-state index contributed by atoms with van der Waals surface area (Å²) < 4.78 is 3.44. The predicted molar refractivity (Wildman–Crippen MR) is 69.3 cm³/mol. The number of carboxylic acid groups (broad SMARTS) is 1. The molecule has 0 bridgehead atoms. The Balaban J connectivity index is 2.14.